The molecule has 0 N–H and O–H groups in total. The maximum absolute atomic E-state index is 4.47. The third-order valence-corrected chi connectivity index (χ3v) is 2.15. The number of hydrogen-bond donors (Lipinski definition) is 0. The Hall–Kier alpha value is -1.25. The SMILES string of the molecule is CC1C=[n+]2nc(C(C)C)ccc2=N1. The van der Waals surface area contributed by atoms with Gasteiger partial charge in [0, 0.05) is 6.07 Å². The molecular formula is C10H14N3+. The Morgan fingerprint density at radius 3 is 2.85 bits per heavy atom. The Bertz CT molecular complexity index is 434. The summed E-state index contributed by atoms with van der Waals surface area (Å²) in [7, 11) is 0. The maximum Gasteiger partial charge on any atom is 0.343 e. The van der Waals surface area contributed by atoms with Crippen molar-refractivity contribution in [1.82, 2.24) is 5.10 Å². The van der Waals surface area contributed by atoms with Crippen LogP contribution >= 0.6 is 0 Å². The zero-order valence-electron chi connectivity index (χ0n) is 8.23. The van der Waals surface area contributed by atoms with Gasteiger partial charge in [0.25, 0.3) is 0 Å². The highest BCUT2D eigenvalue weighted by Gasteiger charge is 2.14. The summed E-state index contributed by atoms with van der Waals surface area (Å²) in [5.41, 5.74) is 2.07. The first-order valence-electron chi connectivity index (χ1n) is 4.65. The molecule has 68 valence electrons. The minimum absolute atomic E-state index is 0.259. The topological polar surface area (TPSA) is 31.2 Å². The third-order valence-electron chi connectivity index (χ3n) is 2.15. The molecular weight excluding hydrogens is 162 g/mol. The van der Waals surface area contributed by atoms with E-state index in [4.69, 9.17) is 0 Å². The number of aromatic nitrogens is 2. The lowest BCUT2D eigenvalue weighted by molar-refractivity contribution is -0.591. The Kier molecular flexibility index (Phi) is 1.87. The quantitative estimate of drug-likeness (QED) is 0.574. The van der Waals surface area contributed by atoms with Crippen LogP contribution in [0.3, 0.4) is 0 Å². The van der Waals surface area contributed by atoms with Gasteiger partial charge >= 0.3 is 5.49 Å². The van der Waals surface area contributed by atoms with Crippen LogP contribution in [0.25, 0.3) is 0 Å². The molecule has 1 aromatic heterocycles. The van der Waals surface area contributed by atoms with Crippen LogP contribution in [0.5, 0.6) is 0 Å². The second-order valence-electron chi connectivity index (χ2n) is 3.73. The highest BCUT2D eigenvalue weighted by atomic mass is 15.2. The van der Waals surface area contributed by atoms with Crippen molar-refractivity contribution in [2.24, 2.45) is 4.99 Å². The molecule has 0 spiro atoms. The van der Waals surface area contributed by atoms with Crippen molar-refractivity contribution in [3.05, 3.63) is 29.5 Å². The first-order chi connectivity index (χ1) is 6.16. The number of nitrogens with zero attached hydrogens (tertiary/aromatic N) is 3. The maximum atomic E-state index is 4.47. The molecule has 1 aromatic rings. The van der Waals surface area contributed by atoms with Crippen LogP contribution in [0, 0.1) is 6.21 Å². The molecule has 0 radical (unpaired) electrons. The number of fused-ring (bicyclic) bond motifs is 1. The van der Waals surface area contributed by atoms with Crippen molar-refractivity contribution in [2.45, 2.75) is 32.7 Å². The van der Waals surface area contributed by atoms with Gasteiger partial charge in [0.15, 0.2) is 6.04 Å². The van der Waals surface area contributed by atoms with E-state index in [0.717, 1.165) is 11.2 Å². The van der Waals surface area contributed by atoms with Crippen LogP contribution in [0.1, 0.15) is 32.4 Å². The van der Waals surface area contributed by atoms with Crippen molar-refractivity contribution >= 4 is 0 Å². The van der Waals surface area contributed by atoms with Crippen molar-refractivity contribution in [1.29, 1.82) is 0 Å². The molecule has 0 saturated heterocycles. The molecule has 13 heavy (non-hydrogen) atoms. The van der Waals surface area contributed by atoms with Gasteiger partial charge in [-0.15, -0.1) is 4.36 Å². The molecule has 0 fully saturated rings. The molecule has 3 nitrogen and oxygen atoms in total. The van der Waals surface area contributed by atoms with Crippen LogP contribution in [0.4, 0.5) is 0 Å². The summed E-state index contributed by atoms with van der Waals surface area (Å²) in [6.45, 7) is 6.35. The molecule has 0 aromatic carbocycles. The van der Waals surface area contributed by atoms with Crippen LogP contribution in [-0.4, -0.2) is 11.1 Å². The van der Waals surface area contributed by atoms with E-state index in [1.54, 1.807) is 0 Å². The van der Waals surface area contributed by atoms with Gasteiger partial charge in [-0.3, -0.25) is 0 Å². The van der Waals surface area contributed by atoms with Crippen molar-refractivity contribution in [3.8, 4) is 0 Å². The Balaban J connectivity index is 2.59. The molecule has 3 heteroatoms. The highest BCUT2D eigenvalue weighted by molar-refractivity contribution is 5.02. The average Bonchev–Trinajstić information content (AvgIpc) is 2.42. The molecule has 1 atom stereocenters. The summed E-state index contributed by atoms with van der Waals surface area (Å²) in [6, 6.07) is 4.34. The molecule has 0 saturated carbocycles. The van der Waals surface area contributed by atoms with Crippen LogP contribution < -0.4 is 9.85 Å². The first kappa shape index (κ1) is 8.35. The molecule has 0 bridgehead atoms. The molecule has 2 heterocycles. The number of rotatable bonds is 1. The second-order valence-corrected chi connectivity index (χ2v) is 3.73. The summed E-state index contributed by atoms with van der Waals surface area (Å²) >= 11 is 0. The normalized spacial score (nSPS) is 19.5. The summed E-state index contributed by atoms with van der Waals surface area (Å²) in [6.07, 6.45) is 2.03. The van der Waals surface area contributed by atoms with Gasteiger partial charge < -0.3 is 0 Å². The molecule has 2 rings (SSSR count). The van der Waals surface area contributed by atoms with Gasteiger partial charge in [-0.05, 0) is 18.9 Å². The lowest BCUT2D eigenvalue weighted by Crippen LogP contribution is -2.38. The van der Waals surface area contributed by atoms with Gasteiger partial charge in [0.1, 0.15) is 6.21 Å². The van der Waals surface area contributed by atoms with Crippen LogP contribution in [0.15, 0.2) is 17.1 Å². The van der Waals surface area contributed by atoms with Crippen molar-refractivity contribution < 1.29 is 4.36 Å². The van der Waals surface area contributed by atoms with Crippen LogP contribution in [-0.2, 0) is 0 Å². The standard InChI is InChI=1S/C10H14N3/c1-7(2)9-4-5-10-11-8(3)6-13(10)12-9/h4-8H,1-3H3/q+1. The first-order valence-corrected chi connectivity index (χ1v) is 4.65. The highest BCUT2D eigenvalue weighted by Crippen LogP contribution is 2.06. The summed E-state index contributed by atoms with van der Waals surface area (Å²) < 4.78 is 1.88. The Labute approximate surface area is 77.5 Å². The molecule has 1 unspecified atom stereocenters. The van der Waals surface area contributed by atoms with E-state index in [1.807, 2.05) is 22.7 Å². The second kappa shape index (κ2) is 2.91. The van der Waals surface area contributed by atoms with E-state index >= 15 is 0 Å². The summed E-state index contributed by atoms with van der Waals surface area (Å²) in [4.78, 5) is 4.40. The zero-order chi connectivity index (χ0) is 9.42. The minimum atomic E-state index is 0.259. The van der Waals surface area contributed by atoms with Crippen molar-refractivity contribution in [2.75, 3.05) is 0 Å². The summed E-state index contributed by atoms with van der Waals surface area (Å²) in [5.74, 6) is 0.474. The fourth-order valence-corrected chi connectivity index (χ4v) is 1.41. The lowest BCUT2D eigenvalue weighted by atomic mass is 10.1. The average molecular weight is 176 g/mol. The van der Waals surface area contributed by atoms with E-state index in [1.165, 1.54) is 0 Å². The monoisotopic (exact) mass is 176 g/mol. The van der Waals surface area contributed by atoms with Gasteiger partial charge in [0.2, 0.25) is 0 Å². The van der Waals surface area contributed by atoms with Crippen LogP contribution in [0.2, 0.25) is 0 Å². The molecule has 1 aliphatic rings. The van der Waals surface area contributed by atoms with E-state index in [9.17, 15) is 0 Å². The number of hydrogen-bond acceptors (Lipinski definition) is 2. The minimum Gasteiger partial charge on any atom is -0.102 e. The smallest absolute Gasteiger partial charge is 0.102 e. The largest absolute Gasteiger partial charge is 0.343 e. The summed E-state index contributed by atoms with van der Waals surface area (Å²) in [5, 5.41) is 4.47. The Morgan fingerprint density at radius 2 is 2.15 bits per heavy atom. The van der Waals surface area contributed by atoms with E-state index in [2.05, 4.69) is 30.9 Å². The Morgan fingerprint density at radius 1 is 1.38 bits per heavy atom. The van der Waals surface area contributed by atoms with E-state index < -0.39 is 0 Å². The van der Waals surface area contributed by atoms with Gasteiger partial charge in [-0.1, -0.05) is 23.9 Å². The predicted molar refractivity (Wildman–Crippen MR) is 48.8 cm³/mol. The van der Waals surface area contributed by atoms with E-state index in [-0.39, 0.29) is 6.04 Å². The molecule has 0 aliphatic carbocycles. The predicted octanol–water partition coefficient (Wildman–Crippen LogP) is 0.524. The molecule has 0 amide bonds. The fourth-order valence-electron chi connectivity index (χ4n) is 1.41. The third kappa shape index (κ3) is 1.46. The zero-order valence-corrected chi connectivity index (χ0v) is 8.23. The fraction of sp³-hybridized carbons (Fsp3) is 0.500. The lowest BCUT2D eigenvalue weighted by Gasteiger charge is -1.98. The van der Waals surface area contributed by atoms with Gasteiger partial charge in [-0.25, -0.2) is 0 Å². The van der Waals surface area contributed by atoms with Gasteiger partial charge in [-0.2, -0.15) is 0 Å². The van der Waals surface area contributed by atoms with Gasteiger partial charge in [0.05, 0.1) is 5.69 Å². The van der Waals surface area contributed by atoms with E-state index in [0.29, 0.717) is 5.92 Å². The molecule has 1 aliphatic heterocycles. The van der Waals surface area contributed by atoms with Crippen molar-refractivity contribution in [3.63, 3.8) is 0 Å².